The van der Waals surface area contributed by atoms with Crippen LogP contribution in [0.5, 0.6) is 0 Å². The topological polar surface area (TPSA) is 20.2 Å². The van der Waals surface area contributed by atoms with Gasteiger partial charge in [0.05, 0.1) is 5.60 Å². The van der Waals surface area contributed by atoms with Crippen LogP contribution in [0.25, 0.3) is 0 Å². The number of rotatable bonds is 6. The monoisotopic (exact) mass is 474 g/mol. The summed E-state index contributed by atoms with van der Waals surface area (Å²) in [4.78, 5) is 0. The molecule has 1 N–H and O–H groups in total. The maximum atomic E-state index is 9.86. The summed E-state index contributed by atoms with van der Waals surface area (Å²) in [5.41, 5.74) is 2.86. The summed E-state index contributed by atoms with van der Waals surface area (Å²) in [5.74, 6) is 5.18. The van der Waals surface area contributed by atoms with Gasteiger partial charge < -0.3 is 5.11 Å². The first-order chi connectivity index (χ1) is 15.9. The first-order valence-corrected chi connectivity index (χ1v) is 14.9. The lowest BCUT2D eigenvalue weighted by atomic mass is 9.76. The molecule has 0 aromatic carbocycles. The largest absolute Gasteiger partial charge is 0.390 e. The van der Waals surface area contributed by atoms with Gasteiger partial charge in [0.2, 0.25) is 0 Å². The zero-order valence-electron chi connectivity index (χ0n) is 24.8. The summed E-state index contributed by atoms with van der Waals surface area (Å²) in [7, 11) is 0. The highest BCUT2D eigenvalue weighted by Crippen LogP contribution is 2.35. The van der Waals surface area contributed by atoms with E-state index in [2.05, 4.69) is 67.5 Å². The molecule has 1 nitrogen and oxygen atoms in total. The minimum absolute atomic E-state index is 0.363. The van der Waals surface area contributed by atoms with E-state index in [1.165, 1.54) is 70.6 Å². The van der Waals surface area contributed by atoms with Gasteiger partial charge in [0, 0.05) is 0 Å². The Morgan fingerprint density at radius 2 is 1.44 bits per heavy atom. The van der Waals surface area contributed by atoms with Crippen molar-refractivity contribution in [1.29, 1.82) is 0 Å². The molecule has 4 atom stereocenters. The Kier molecular flexibility index (Phi) is 15.0. The fourth-order valence-corrected chi connectivity index (χ4v) is 6.54. The molecular weight excluding hydrogens is 412 g/mol. The Hall–Kier alpha value is -0.560. The molecule has 1 heteroatoms. The molecule has 0 radical (unpaired) electrons. The molecule has 0 aromatic rings. The van der Waals surface area contributed by atoms with Gasteiger partial charge in [-0.05, 0) is 127 Å². The Morgan fingerprint density at radius 3 is 1.97 bits per heavy atom. The molecule has 3 aliphatic carbocycles. The molecule has 200 valence electrons. The first-order valence-electron chi connectivity index (χ1n) is 14.9. The van der Waals surface area contributed by atoms with Crippen LogP contribution < -0.4 is 0 Å². The normalized spacial score (nSPS) is 29.6. The minimum atomic E-state index is -0.363. The Morgan fingerprint density at radius 1 is 0.824 bits per heavy atom. The predicted molar refractivity (Wildman–Crippen MR) is 153 cm³/mol. The van der Waals surface area contributed by atoms with E-state index in [-0.39, 0.29) is 5.60 Å². The smallest absolute Gasteiger partial charge is 0.0622 e. The van der Waals surface area contributed by atoms with Crippen LogP contribution in [0.2, 0.25) is 0 Å². The van der Waals surface area contributed by atoms with Gasteiger partial charge in [0.25, 0.3) is 0 Å². The highest BCUT2D eigenvalue weighted by atomic mass is 16.3. The van der Waals surface area contributed by atoms with Crippen molar-refractivity contribution in [3.63, 3.8) is 0 Å². The quantitative estimate of drug-likeness (QED) is 0.379. The van der Waals surface area contributed by atoms with E-state index < -0.39 is 0 Å². The van der Waals surface area contributed by atoms with E-state index in [4.69, 9.17) is 0 Å². The SMILES string of the molecule is CC(C)CC1CCCC(C)(O)C1.CC1=CC(CC(C)C)CCC1.CC1=CCCC(CC(C)C)C1. The molecule has 4 unspecified atom stereocenters. The molecule has 0 saturated heterocycles. The second kappa shape index (κ2) is 16.2. The molecule has 3 aliphatic rings. The third kappa shape index (κ3) is 15.4. The van der Waals surface area contributed by atoms with Crippen molar-refractivity contribution in [2.24, 2.45) is 35.5 Å². The minimum Gasteiger partial charge on any atom is -0.390 e. The summed E-state index contributed by atoms with van der Waals surface area (Å²) in [5, 5.41) is 9.86. The average Bonchev–Trinajstić information content (AvgIpc) is 2.67. The van der Waals surface area contributed by atoms with Crippen LogP contribution in [0.4, 0.5) is 0 Å². The van der Waals surface area contributed by atoms with E-state index in [0.29, 0.717) is 0 Å². The number of hydrogen-bond donors (Lipinski definition) is 1. The third-order valence-corrected chi connectivity index (χ3v) is 7.78. The van der Waals surface area contributed by atoms with Gasteiger partial charge in [0.15, 0.2) is 0 Å². The van der Waals surface area contributed by atoms with Crippen LogP contribution >= 0.6 is 0 Å². The molecule has 1 saturated carbocycles. The molecule has 0 spiro atoms. The zero-order chi connectivity index (χ0) is 25.7. The molecule has 0 aliphatic heterocycles. The summed E-state index contributed by atoms with van der Waals surface area (Å²) in [6.07, 6.45) is 21.8. The highest BCUT2D eigenvalue weighted by molar-refractivity contribution is 5.05. The lowest BCUT2D eigenvalue weighted by molar-refractivity contribution is -0.00260. The Labute approximate surface area is 215 Å². The van der Waals surface area contributed by atoms with Gasteiger partial charge in [0.1, 0.15) is 0 Å². The second-order valence-corrected chi connectivity index (χ2v) is 13.7. The number of allylic oxidation sites excluding steroid dienone is 4. The van der Waals surface area contributed by atoms with Crippen molar-refractivity contribution in [2.45, 2.75) is 151 Å². The molecule has 34 heavy (non-hydrogen) atoms. The van der Waals surface area contributed by atoms with Gasteiger partial charge >= 0.3 is 0 Å². The predicted octanol–water partition coefficient (Wildman–Crippen LogP) is 10.5. The van der Waals surface area contributed by atoms with Crippen molar-refractivity contribution >= 4 is 0 Å². The summed E-state index contributed by atoms with van der Waals surface area (Å²) < 4.78 is 0. The standard InChI is InChI=1S/C11H22O.2C11H20/c1-9(2)7-10-5-4-6-11(3,12)8-10;2*1-9(2)7-11-6-4-5-10(3)8-11/h9-10,12H,4-8H2,1-3H3;8-9,11H,4-7H2,1-3H3;5,9,11H,4,6-8H2,1-3H3. The molecule has 0 bridgehead atoms. The fraction of sp³-hybridized carbons (Fsp3) is 0.879. The Bertz CT molecular complexity index is 592. The van der Waals surface area contributed by atoms with Gasteiger partial charge in [-0.2, -0.15) is 0 Å². The maximum Gasteiger partial charge on any atom is 0.0622 e. The van der Waals surface area contributed by atoms with Crippen molar-refractivity contribution in [2.75, 3.05) is 0 Å². The van der Waals surface area contributed by atoms with E-state index in [1.807, 2.05) is 6.92 Å². The Balaban J connectivity index is 0.000000255. The van der Waals surface area contributed by atoms with E-state index in [1.54, 1.807) is 11.1 Å². The van der Waals surface area contributed by atoms with Gasteiger partial charge in [-0.25, -0.2) is 0 Å². The lowest BCUT2D eigenvalue weighted by Gasteiger charge is -2.34. The van der Waals surface area contributed by atoms with Crippen LogP contribution in [0.1, 0.15) is 146 Å². The fourth-order valence-electron chi connectivity index (χ4n) is 6.54. The van der Waals surface area contributed by atoms with Crippen LogP contribution in [-0.4, -0.2) is 10.7 Å². The van der Waals surface area contributed by atoms with E-state index in [0.717, 1.165) is 48.3 Å². The van der Waals surface area contributed by atoms with Crippen LogP contribution in [-0.2, 0) is 0 Å². The summed E-state index contributed by atoms with van der Waals surface area (Å²) in [6, 6.07) is 0. The maximum absolute atomic E-state index is 9.86. The van der Waals surface area contributed by atoms with Crippen molar-refractivity contribution < 1.29 is 5.11 Å². The molecule has 0 aromatic heterocycles. The third-order valence-electron chi connectivity index (χ3n) is 7.78. The number of aliphatic hydroxyl groups is 1. The van der Waals surface area contributed by atoms with Gasteiger partial charge in [-0.1, -0.05) is 77.7 Å². The van der Waals surface area contributed by atoms with E-state index >= 15 is 0 Å². The summed E-state index contributed by atoms with van der Waals surface area (Å²) >= 11 is 0. The second-order valence-electron chi connectivity index (χ2n) is 13.7. The van der Waals surface area contributed by atoms with Gasteiger partial charge in [-0.15, -0.1) is 0 Å². The van der Waals surface area contributed by atoms with Crippen molar-refractivity contribution in [3.8, 4) is 0 Å². The van der Waals surface area contributed by atoms with Gasteiger partial charge in [-0.3, -0.25) is 0 Å². The van der Waals surface area contributed by atoms with E-state index in [9.17, 15) is 5.11 Å². The van der Waals surface area contributed by atoms with Crippen LogP contribution in [0, 0.1) is 35.5 Å². The summed E-state index contributed by atoms with van der Waals surface area (Å²) in [6.45, 7) is 20.3. The first kappa shape index (κ1) is 31.5. The van der Waals surface area contributed by atoms with Crippen LogP contribution in [0.15, 0.2) is 23.3 Å². The van der Waals surface area contributed by atoms with Crippen LogP contribution in [0.3, 0.4) is 0 Å². The molecule has 0 amide bonds. The van der Waals surface area contributed by atoms with Crippen molar-refractivity contribution in [3.05, 3.63) is 23.3 Å². The highest BCUT2D eigenvalue weighted by Gasteiger charge is 2.29. The zero-order valence-corrected chi connectivity index (χ0v) is 24.8. The lowest BCUT2D eigenvalue weighted by Crippen LogP contribution is -2.32. The number of hydrogen-bond acceptors (Lipinski definition) is 1. The van der Waals surface area contributed by atoms with Crippen molar-refractivity contribution in [1.82, 2.24) is 0 Å². The molecule has 3 rings (SSSR count). The molecule has 1 fully saturated rings. The average molecular weight is 475 g/mol. The molecule has 0 heterocycles. The molecular formula is C33H62O.